The van der Waals surface area contributed by atoms with E-state index >= 15 is 0 Å². The lowest BCUT2D eigenvalue weighted by molar-refractivity contribution is -0.142. The van der Waals surface area contributed by atoms with Gasteiger partial charge in [0.1, 0.15) is 0 Å². The number of hydrogen-bond donors (Lipinski definition) is 2. The summed E-state index contributed by atoms with van der Waals surface area (Å²) in [7, 11) is 0. The van der Waals surface area contributed by atoms with Gasteiger partial charge in [-0.3, -0.25) is 4.79 Å². The summed E-state index contributed by atoms with van der Waals surface area (Å²) in [5.74, 6) is -0.734. The Kier molecular flexibility index (Phi) is 2.05. The summed E-state index contributed by atoms with van der Waals surface area (Å²) in [6.07, 6.45) is 1.57. The first-order valence-electron chi connectivity index (χ1n) is 3.24. The Bertz CT molecular complexity index is 108. The van der Waals surface area contributed by atoms with E-state index in [-0.39, 0.29) is 5.92 Å². The topological polar surface area (TPSA) is 49.3 Å². The van der Waals surface area contributed by atoms with Crippen molar-refractivity contribution in [3.8, 4) is 0 Å². The van der Waals surface area contributed by atoms with Crippen LogP contribution in [0.25, 0.3) is 0 Å². The van der Waals surface area contributed by atoms with Crippen molar-refractivity contribution >= 4 is 5.97 Å². The minimum Gasteiger partial charge on any atom is -0.481 e. The molecule has 1 aliphatic rings. The molecule has 0 amide bonds. The molecule has 1 saturated heterocycles. The molecule has 0 unspecified atom stereocenters. The fourth-order valence-electron chi connectivity index (χ4n) is 1.07. The van der Waals surface area contributed by atoms with Gasteiger partial charge in [-0.25, -0.2) is 0 Å². The number of aliphatic carboxylic acids is 1. The maximum absolute atomic E-state index is 10.3. The zero-order valence-corrected chi connectivity index (χ0v) is 5.26. The summed E-state index contributed by atoms with van der Waals surface area (Å²) in [5.41, 5.74) is 0. The maximum Gasteiger partial charge on any atom is 0.306 e. The molecule has 2 N–H and O–H groups in total. The highest BCUT2D eigenvalue weighted by Crippen LogP contribution is 2.10. The average molecular weight is 131 g/mol. The number of hydrogen-bond acceptors (Lipinski definition) is 2. The molecule has 52 valence electrons. The van der Waals surface area contributed by atoms with E-state index in [4.69, 9.17) is 5.11 Å². The number of nitrogens with one attached hydrogen (secondary N) is 1. The summed E-state index contributed by atoms with van der Waals surface area (Å²) in [5, 5.41) is 11.6. The monoisotopic (exact) mass is 131 g/mol. The Morgan fingerprint density at radius 1 is 1.44 bits per heavy atom. The van der Waals surface area contributed by atoms with Crippen LogP contribution in [-0.4, -0.2) is 24.2 Å². The number of carbonyl (C=O) groups is 1. The second kappa shape index (κ2) is 2.82. The van der Waals surface area contributed by atoms with E-state index in [0.29, 0.717) is 0 Å². The Morgan fingerprint density at radius 3 is 2.33 bits per heavy atom. The second-order valence-electron chi connectivity index (χ2n) is 2.36. The first-order valence-corrected chi connectivity index (χ1v) is 3.24. The van der Waals surface area contributed by atoms with Crippen LogP contribution in [0.4, 0.5) is 0 Å². The van der Waals surface area contributed by atoms with Crippen molar-refractivity contribution in [3.63, 3.8) is 0 Å². The molecule has 1 fully saturated rings. The average Bonchev–Trinajstić information content (AvgIpc) is 1.90. The highest BCUT2D eigenvalue weighted by atomic mass is 16.6. The molecule has 0 aliphatic carbocycles. The van der Waals surface area contributed by atoms with Crippen molar-refractivity contribution in [1.29, 1.82) is 0 Å². The van der Waals surface area contributed by atoms with Crippen molar-refractivity contribution in [1.82, 2.24) is 5.32 Å². The molecule has 0 bridgehead atoms. The molecule has 0 spiro atoms. The van der Waals surface area contributed by atoms with E-state index in [9.17, 15) is 4.79 Å². The van der Waals surface area contributed by atoms with Crippen molar-refractivity contribution < 1.29 is 9.90 Å². The van der Waals surface area contributed by atoms with Gasteiger partial charge in [-0.05, 0) is 25.9 Å². The highest BCUT2D eigenvalue weighted by Gasteiger charge is 2.18. The minimum atomic E-state index is -0.642. The SMILES string of the molecule is O=[14C](O)C1CCNCC1. The molecule has 1 aliphatic heterocycles. The van der Waals surface area contributed by atoms with Crippen LogP contribution < -0.4 is 5.32 Å². The van der Waals surface area contributed by atoms with E-state index in [2.05, 4.69) is 5.32 Å². The van der Waals surface area contributed by atoms with Crippen LogP contribution in [0.5, 0.6) is 0 Å². The van der Waals surface area contributed by atoms with Crippen LogP contribution in [0.15, 0.2) is 0 Å². The largest absolute Gasteiger partial charge is 0.481 e. The minimum absolute atomic E-state index is 0.0914. The third kappa shape index (κ3) is 1.68. The third-order valence-corrected chi connectivity index (χ3v) is 1.69. The Balaban J connectivity index is 2.31. The number of carboxylic acids is 1. The number of rotatable bonds is 1. The second-order valence-corrected chi connectivity index (χ2v) is 2.36. The summed E-state index contributed by atoms with van der Waals surface area (Å²) in [6.45, 7) is 1.72. The smallest absolute Gasteiger partial charge is 0.306 e. The standard InChI is InChI=1S/C6H11NO2/c8-6(9)5-1-3-7-4-2-5/h5,7H,1-4H2,(H,8,9)/i6+2. The van der Waals surface area contributed by atoms with E-state index in [1.54, 1.807) is 0 Å². The molecule has 0 saturated carbocycles. The molecular weight excluding hydrogens is 120 g/mol. The van der Waals surface area contributed by atoms with Crippen LogP contribution in [0.1, 0.15) is 12.8 Å². The van der Waals surface area contributed by atoms with Crippen LogP contribution >= 0.6 is 0 Å². The molecule has 0 aromatic rings. The zero-order valence-electron chi connectivity index (χ0n) is 5.26. The van der Waals surface area contributed by atoms with Crippen LogP contribution in [0, 0.1) is 5.92 Å². The molecule has 1 heterocycles. The van der Waals surface area contributed by atoms with Gasteiger partial charge in [-0.2, -0.15) is 0 Å². The Hall–Kier alpha value is -0.570. The first kappa shape index (κ1) is 6.55. The first-order chi connectivity index (χ1) is 4.30. The van der Waals surface area contributed by atoms with Gasteiger partial charge in [0, 0.05) is 0 Å². The maximum atomic E-state index is 10.3. The lowest BCUT2D eigenvalue weighted by Gasteiger charge is -2.17. The lowest BCUT2D eigenvalue weighted by atomic mass is 10.1. The van der Waals surface area contributed by atoms with Gasteiger partial charge in [0.15, 0.2) is 0 Å². The van der Waals surface area contributed by atoms with E-state index in [0.717, 1.165) is 25.9 Å². The summed E-state index contributed by atoms with van der Waals surface area (Å²) >= 11 is 0. The van der Waals surface area contributed by atoms with Crippen molar-refractivity contribution in [3.05, 3.63) is 0 Å². The summed E-state index contributed by atoms with van der Waals surface area (Å²) in [4.78, 5) is 10.3. The molecule has 3 heteroatoms. The van der Waals surface area contributed by atoms with Gasteiger partial charge in [0.2, 0.25) is 0 Å². The van der Waals surface area contributed by atoms with Crippen LogP contribution in [0.3, 0.4) is 0 Å². The zero-order chi connectivity index (χ0) is 6.69. The van der Waals surface area contributed by atoms with Gasteiger partial charge in [0.25, 0.3) is 0 Å². The van der Waals surface area contributed by atoms with Gasteiger partial charge in [-0.1, -0.05) is 0 Å². The molecule has 0 aromatic heterocycles. The fourth-order valence-corrected chi connectivity index (χ4v) is 1.07. The molecule has 3 nitrogen and oxygen atoms in total. The molecule has 9 heavy (non-hydrogen) atoms. The van der Waals surface area contributed by atoms with Crippen molar-refractivity contribution in [2.45, 2.75) is 12.8 Å². The summed E-state index contributed by atoms with van der Waals surface area (Å²) < 4.78 is 0. The van der Waals surface area contributed by atoms with Crippen molar-refractivity contribution in [2.24, 2.45) is 5.92 Å². The predicted molar refractivity (Wildman–Crippen MR) is 33.2 cm³/mol. The van der Waals surface area contributed by atoms with Gasteiger partial charge >= 0.3 is 5.97 Å². The normalized spacial score (nSPS) is 21.8. The Labute approximate surface area is 54.1 Å². The summed E-state index contributed by atoms with van der Waals surface area (Å²) in [6, 6.07) is 0. The Morgan fingerprint density at radius 2 is 2.00 bits per heavy atom. The quantitative estimate of drug-likeness (QED) is 0.529. The van der Waals surface area contributed by atoms with E-state index in [1.165, 1.54) is 0 Å². The predicted octanol–water partition coefficient (Wildman–Crippen LogP) is 0.0706. The van der Waals surface area contributed by atoms with Crippen molar-refractivity contribution in [2.75, 3.05) is 13.1 Å². The molecule has 1 rings (SSSR count). The highest BCUT2D eigenvalue weighted by molar-refractivity contribution is 5.70. The molecule has 0 atom stereocenters. The molecule has 0 radical (unpaired) electrons. The van der Waals surface area contributed by atoms with E-state index in [1.807, 2.05) is 0 Å². The van der Waals surface area contributed by atoms with Crippen LogP contribution in [-0.2, 0) is 4.79 Å². The lowest BCUT2D eigenvalue weighted by Crippen LogP contribution is -2.31. The van der Waals surface area contributed by atoms with Gasteiger partial charge in [-0.15, -0.1) is 0 Å². The third-order valence-electron chi connectivity index (χ3n) is 1.69. The molecular formula is C6H11NO2. The molecule has 0 aromatic carbocycles. The van der Waals surface area contributed by atoms with Gasteiger partial charge in [0.05, 0.1) is 5.92 Å². The number of piperidine rings is 1. The van der Waals surface area contributed by atoms with Crippen LogP contribution in [0.2, 0.25) is 0 Å². The van der Waals surface area contributed by atoms with E-state index < -0.39 is 5.97 Å². The van der Waals surface area contributed by atoms with Gasteiger partial charge < -0.3 is 10.4 Å². The number of carboxylic acid groups (broad SMARTS) is 1. The fraction of sp³-hybridized carbons (Fsp3) is 0.833.